The fraction of sp³-hybridized carbons (Fsp3) is 0.438. The molecule has 0 spiro atoms. The van der Waals surface area contributed by atoms with E-state index in [1.54, 1.807) is 13.8 Å². The Morgan fingerprint density at radius 1 is 1.22 bits per heavy atom. The number of amides is 2. The Hall–Kier alpha value is -2.44. The van der Waals surface area contributed by atoms with Crippen LogP contribution in [0.1, 0.15) is 24.2 Å². The molecule has 0 heterocycles. The van der Waals surface area contributed by atoms with Crippen LogP contribution in [0.15, 0.2) is 18.2 Å². The molecule has 0 saturated heterocycles. The van der Waals surface area contributed by atoms with E-state index in [2.05, 4.69) is 5.32 Å². The molecular formula is C16H19FN2O4. The summed E-state index contributed by atoms with van der Waals surface area (Å²) in [6.45, 7) is 3.42. The number of nitrogens with one attached hydrogen (secondary N) is 1. The maximum Gasteiger partial charge on any atom is 0.307 e. The highest BCUT2D eigenvalue weighted by Crippen LogP contribution is 2.58. The number of halogens is 1. The second kappa shape index (κ2) is 5.64. The molecule has 23 heavy (non-hydrogen) atoms. The van der Waals surface area contributed by atoms with Crippen LogP contribution in [0.4, 0.5) is 10.1 Å². The van der Waals surface area contributed by atoms with Gasteiger partial charge in [0.1, 0.15) is 5.82 Å². The van der Waals surface area contributed by atoms with Crippen LogP contribution in [-0.2, 0) is 9.59 Å². The number of aliphatic carboxylic acids is 1. The van der Waals surface area contributed by atoms with Gasteiger partial charge in [-0.25, -0.2) is 4.39 Å². The summed E-state index contributed by atoms with van der Waals surface area (Å²) in [5.74, 6) is -4.07. The van der Waals surface area contributed by atoms with E-state index in [1.165, 1.54) is 31.1 Å². The van der Waals surface area contributed by atoms with E-state index in [9.17, 15) is 18.8 Å². The first-order chi connectivity index (χ1) is 10.6. The lowest BCUT2D eigenvalue weighted by atomic mass is 10.1. The van der Waals surface area contributed by atoms with E-state index in [0.717, 1.165) is 6.07 Å². The summed E-state index contributed by atoms with van der Waals surface area (Å²) in [5, 5.41) is 11.7. The largest absolute Gasteiger partial charge is 0.481 e. The molecule has 2 rings (SSSR count). The Bertz CT molecular complexity index is 685. The van der Waals surface area contributed by atoms with E-state index < -0.39 is 40.9 Å². The van der Waals surface area contributed by atoms with Crippen molar-refractivity contribution < 1.29 is 23.9 Å². The molecule has 6 nitrogen and oxygen atoms in total. The lowest BCUT2D eigenvalue weighted by molar-refractivity contribution is -0.140. The van der Waals surface area contributed by atoms with E-state index in [1.807, 2.05) is 0 Å². The van der Waals surface area contributed by atoms with E-state index in [4.69, 9.17) is 5.11 Å². The number of hydrogen-bond donors (Lipinski definition) is 2. The molecule has 2 N–H and O–H groups in total. The summed E-state index contributed by atoms with van der Waals surface area (Å²) < 4.78 is 13.7. The van der Waals surface area contributed by atoms with Gasteiger partial charge < -0.3 is 15.3 Å². The summed E-state index contributed by atoms with van der Waals surface area (Å²) in [6, 6.07) is 3.69. The average Bonchev–Trinajstić information content (AvgIpc) is 3.03. The zero-order valence-electron chi connectivity index (χ0n) is 13.4. The molecule has 7 heteroatoms. The van der Waals surface area contributed by atoms with Gasteiger partial charge in [-0.05, 0) is 23.6 Å². The second-order valence-electron chi connectivity index (χ2n) is 6.50. The highest BCUT2D eigenvalue weighted by atomic mass is 19.1. The van der Waals surface area contributed by atoms with E-state index in [-0.39, 0.29) is 11.3 Å². The number of hydrogen-bond acceptors (Lipinski definition) is 3. The number of carbonyl (C=O) groups excluding carboxylic acids is 2. The topological polar surface area (TPSA) is 86.7 Å². The van der Waals surface area contributed by atoms with Gasteiger partial charge in [0.25, 0.3) is 5.91 Å². The van der Waals surface area contributed by atoms with Crippen molar-refractivity contribution in [1.29, 1.82) is 0 Å². The number of carboxylic acids is 1. The summed E-state index contributed by atoms with van der Waals surface area (Å²) in [5.41, 5.74) is -0.524. The molecule has 0 aliphatic heterocycles. The SMILES string of the molecule is CN(C)C(=O)c1cc(NC(=O)[C@@H]2[C@H](C(=O)O)C2(C)C)ccc1F. The summed E-state index contributed by atoms with van der Waals surface area (Å²) in [6.07, 6.45) is 0. The number of nitrogens with zero attached hydrogens (tertiary/aromatic N) is 1. The van der Waals surface area contributed by atoms with Crippen LogP contribution < -0.4 is 5.32 Å². The molecule has 0 aromatic heterocycles. The van der Waals surface area contributed by atoms with Crippen LogP contribution in [0.25, 0.3) is 0 Å². The van der Waals surface area contributed by atoms with Gasteiger partial charge in [0.2, 0.25) is 5.91 Å². The van der Waals surface area contributed by atoms with Crippen LogP contribution in [0.3, 0.4) is 0 Å². The summed E-state index contributed by atoms with van der Waals surface area (Å²) in [7, 11) is 2.99. The molecule has 0 unspecified atom stereocenters. The molecule has 1 fully saturated rings. The Balaban J connectivity index is 2.19. The Labute approximate surface area is 133 Å². The zero-order chi connectivity index (χ0) is 17.5. The smallest absolute Gasteiger partial charge is 0.307 e. The molecule has 124 valence electrons. The Morgan fingerprint density at radius 3 is 2.30 bits per heavy atom. The van der Waals surface area contributed by atoms with Gasteiger partial charge in [-0.2, -0.15) is 0 Å². The van der Waals surface area contributed by atoms with Crippen molar-refractivity contribution in [3.63, 3.8) is 0 Å². The first-order valence-electron chi connectivity index (χ1n) is 7.12. The molecule has 0 radical (unpaired) electrons. The van der Waals surface area contributed by atoms with Gasteiger partial charge in [-0.15, -0.1) is 0 Å². The first kappa shape index (κ1) is 16.9. The first-order valence-corrected chi connectivity index (χ1v) is 7.12. The van der Waals surface area contributed by atoms with E-state index in [0.29, 0.717) is 0 Å². The Kier molecular flexibility index (Phi) is 4.15. The van der Waals surface area contributed by atoms with Crippen LogP contribution >= 0.6 is 0 Å². The summed E-state index contributed by atoms with van der Waals surface area (Å²) in [4.78, 5) is 36.5. The van der Waals surface area contributed by atoms with Gasteiger partial charge in [0, 0.05) is 19.8 Å². The van der Waals surface area contributed by atoms with Gasteiger partial charge in [-0.1, -0.05) is 13.8 Å². The fourth-order valence-electron chi connectivity index (χ4n) is 2.82. The standard InChI is InChI=1S/C16H19FN2O4/c1-16(2)11(12(16)15(22)23)13(20)18-8-5-6-10(17)9(7-8)14(21)19(3)4/h5-7,11-12H,1-4H3,(H,18,20)(H,22,23)/t11-,12+/m0/s1. The quantitative estimate of drug-likeness (QED) is 0.885. The lowest BCUT2D eigenvalue weighted by Crippen LogP contribution is -2.23. The molecule has 2 amide bonds. The van der Waals surface area contributed by atoms with Crippen LogP contribution in [0.5, 0.6) is 0 Å². The molecule has 1 aliphatic carbocycles. The van der Waals surface area contributed by atoms with Gasteiger partial charge in [-0.3, -0.25) is 14.4 Å². The molecule has 1 aromatic carbocycles. The van der Waals surface area contributed by atoms with Gasteiger partial charge in [0.15, 0.2) is 0 Å². The number of rotatable bonds is 4. The predicted molar refractivity (Wildman–Crippen MR) is 81.4 cm³/mol. The maximum atomic E-state index is 13.7. The third-order valence-electron chi connectivity index (χ3n) is 4.25. The van der Waals surface area contributed by atoms with Crippen molar-refractivity contribution in [1.82, 2.24) is 4.90 Å². The second-order valence-corrected chi connectivity index (χ2v) is 6.50. The number of anilines is 1. The molecule has 1 aromatic rings. The van der Waals surface area contributed by atoms with Crippen molar-refractivity contribution in [3.05, 3.63) is 29.6 Å². The van der Waals surface area contributed by atoms with Crippen LogP contribution in [0, 0.1) is 23.1 Å². The molecular weight excluding hydrogens is 303 g/mol. The normalized spacial score (nSPS) is 21.4. The van der Waals surface area contributed by atoms with Gasteiger partial charge >= 0.3 is 5.97 Å². The van der Waals surface area contributed by atoms with Gasteiger partial charge in [0.05, 0.1) is 17.4 Å². The molecule has 0 bridgehead atoms. The molecule has 1 saturated carbocycles. The molecule has 2 atom stereocenters. The minimum atomic E-state index is -1.02. The minimum Gasteiger partial charge on any atom is -0.481 e. The van der Waals surface area contributed by atoms with Crippen LogP contribution in [-0.4, -0.2) is 41.9 Å². The maximum absolute atomic E-state index is 13.7. The van der Waals surface area contributed by atoms with E-state index >= 15 is 0 Å². The molecule has 1 aliphatic rings. The number of benzene rings is 1. The highest BCUT2D eigenvalue weighted by Gasteiger charge is 2.65. The number of carbonyl (C=O) groups is 3. The van der Waals surface area contributed by atoms with Crippen molar-refractivity contribution in [3.8, 4) is 0 Å². The van der Waals surface area contributed by atoms with Crippen molar-refractivity contribution >= 4 is 23.5 Å². The minimum absolute atomic E-state index is 0.155. The van der Waals surface area contributed by atoms with Crippen molar-refractivity contribution in [2.75, 3.05) is 19.4 Å². The van der Waals surface area contributed by atoms with Crippen LogP contribution in [0.2, 0.25) is 0 Å². The monoisotopic (exact) mass is 322 g/mol. The summed E-state index contributed by atoms with van der Waals surface area (Å²) >= 11 is 0. The lowest BCUT2D eigenvalue weighted by Gasteiger charge is -2.13. The highest BCUT2D eigenvalue weighted by molar-refractivity contribution is 6.01. The van der Waals surface area contributed by atoms with Crippen molar-refractivity contribution in [2.24, 2.45) is 17.3 Å². The predicted octanol–water partition coefficient (Wildman–Crippen LogP) is 1.82. The fourth-order valence-corrected chi connectivity index (χ4v) is 2.82. The van der Waals surface area contributed by atoms with Crippen molar-refractivity contribution in [2.45, 2.75) is 13.8 Å². The average molecular weight is 322 g/mol. The Morgan fingerprint density at radius 2 is 1.83 bits per heavy atom. The number of carboxylic acid groups (broad SMARTS) is 1. The third kappa shape index (κ3) is 3.04. The third-order valence-corrected chi connectivity index (χ3v) is 4.25. The zero-order valence-corrected chi connectivity index (χ0v) is 13.4.